The van der Waals surface area contributed by atoms with Crippen molar-refractivity contribution in [1.82, 2.24) is 20.1 Å². The van der Waals surface area contributed by atoms with Crippen molar-refractivity contribution in [2.75, 3.05) is 6.54 Å². The minimum Gasteiger partial charge on any atom is -0.333 e. The van der Waals surface area contributed by atoms with Gasteiger partial charge in [0.1, 0.15) is 5.82 Å². The molecular weight excluding hydrogens is 216 g/mol. The summed E-state index contributed by atoms with van der Waals surface area (Å²) in [4.78, 5) is 18.4. The molecule has 1 N–H and O–H groups in total. The van der Waals surface area contributed by atoms with Crippen molar-refractivity contribution in [2.24, 2.45) is 0 Å². The molecule has 17 heavy (non-hydrogen) atoms. The number of aromatic amines is 1. The molecule has 2 rings (SSSR count). The fourth-order valence-corrected chi connectivity index (χ4v) is 2.47. The van der Waals surface area contributed by atoms with Crippen molar-refractivity contribution in [1.29, 1.82) is 0 Å². The Kier molecular flexibility index (Phi) is 3.76. The lowest BCUT2D eigenvalue weighted by atomic mass is 9.98. The van der Waals surface area contributed by atoms with Crippen LogP contribution in [0.2, 0.25) is 0 Å². The van der Waals surface area contributed by atoms with Crippen molar-refractivity contribution in [3.63, 3.8) is 0 Å². The molecule has 1 aromatic heterocycles. The molecule has 94 valence electrons. The lowest BCUT2D eigenvalue weighted by Crippen LogP contribution is -2.44. The highest BCUT2D eigenvalue weighted by Gasteiger charge is 2.28. The molecule has 0 aliphatic carbocycles. The zero-order chi connectivity index (χ0) is 12.3. The number of hydrogen-bond acceptors (Lipinski definition) is 3. The average molecular weight is 236 g/mol. The van der Waals surface area contributed by atoms with E-state index in [2.05, 4.69) is 22.1 Å². The van der Waals surface area contributed by atoms with E-state index in [1.807, 2.05) is 11.8 Å². The highest BCUT2D eigenvalue weighted by molar-refractivity contribution is 5.90. The number of aromatic nitrogens is 3. The van der Waals surface area contributed by atoms with Gasteiger partial charge in [0.2, 0.25) is 5.82 Å². The zero-order valence-corrected chi connectivity index (χ0v) is 10.6. The topological polar surface area (TPSA) is 61.9 Å². The van der Waals surface area contributed by atoms with Crippen LogP contribution in [0.5, 0.6) is 0 Å². The fraction of sp³-hybridized carbons (Fsp3) is 0.750. The Morgan fingerprint density at radius 2 is 2.35 bits per heavy atom. The maximum Gasteiger partial charge on any atom is 0.293 e. The third-order valence-electron chi connectivity index (χ3n) is 3.30. The Hall–Kier alpha value is -1.39. The standard InChI is InChI=1S/C12H20N4O/c1-3-6-10-7-4-5-8-16(10)12(17)11-13-9(2)14-15-11/h10H,3-8H2,1-2H3,(H,13,14,15). The van der Waals surface area contributed by atoms with Crippen molar-refractivity contribution in [2.45, 2.75) is 52.0 Å². The van der Waals surface area contributed by atoms with Gasteiger partial charge in [-0.1, -0.05) is 13.3 Å². The molecule has 5 heteroatoms. The third kappa shape index (κ3) is 2.65. The SMILES string of the molecule is CCCC1CCCCN1C(=O)c1n[nH]c(C)n1. The van der Waals surface area contributed by atoms with E-state index in [1.165, 1.54) is 6.42 Å². The predicted octanol–water partition coefficient (Wildman–Crippen LogP) is 1.91. The van der Waals surface area contributed by atoms with Crippen LogP contribution in [0.15, 0.2) is 0 Å². The molecule has 1 aliphatic rings. The number of H-pyrrole nitrogens is 1. The molecule has 0 aromatic carbocycles. The molecular formula is C12H20N4O. The second kappa shape index (κ2) is 5.29. The van der Waals surface area contributed by atoms with E-state index in [0.29, 0.717) is 17.7 Å². The number of carbonyl (C=O) groups excluding carboxylic acids is 1. The smallest absolute Gasteiger partial charge is 0.293 e. The Bertz CT molecular complexity index is 386. The number of piperidine rings is 1. The molecule has 1 aromatic rings. The van der Waals surface area contributed by atoms with E-state index < -0.39 is 0 Å². The predicted molar refractivity (Wildman–Crippen MR) is 64.7 cm³/mol. The van der Waals surface area contributed by atoms with E-state index in [9.17, 15) is 4.79 Å². The molecule has 1 atom stereocenters. The van der Waals surface area contributed by atoms with Gasteiger partial charge in [-0.25, -0.2) is 4.98 Å². The Balaban J connectivity index is 2.10. The van der Waals surface area contributed by atoms with Gasteiger partial charge in [-0.3, -0.25) is 9.89 Å². The first-order chi connectivity index (χ1) is 8.22. The summed E-state index contributed by atoms with van der Waals surface area (Å²) in [5.41, 5.74) is 0. The van der Waals surface area contributed by atoms with Gasteiger partial charge < -0.3 is 4.90 Å². The van der Waals surface area contributed by atoms with Crippen LogP contribution in [-0.2, 0) is 0 Å². The Morgan fingerprint density at radius 3 is 3.00 bits per heavy atom. The zero-order valence-electron chi connectivity index (χ0n) is 10.6. The number of rotatable bonds is 3. The molecule has 0 bridgehead atoms. The summed E-state index contributed by atoms with van der Waals surface area (Å²) in [6, 6.07) is 0.375. The number of nitrogens with one attached hydrogen (secondary N) is 1. The molecule has 0 saturated carbocycles. The summed E-state index contributed by atoms with van der Waals surface area (Å²) in [6.07, 6.45) is 5.62. The van der Waals surface area contributed by atoms with Crippen LogP contribution >= 0.6 is 0 Å². The number of likely N-dealkylation sites (tertiary alicyclic amines) is 1. The summed E-state index contributed by atoms with van der Waals surface area (Å²) in [5.74, 6) is 0.982. The lowest BCUT2D eigenvalue weighted by molar-refractivity contribution is 0.0588. The molecule has 1 saturated heterocycles. The van der Waals surface area contributed by atoms with Crippen molar-refractivity contribution >= 4 is 5.91 Å². The van der Waals surface area contributed by atoms with Gasteiger partial charge in [0.25, 0.3) is 5.91 Å². The van der Waals surface area contributed by atoms with Crippen LogP contribution < -0.4 is 0 Å². The number of aryl methyl sites for hydroxylation is 1. The summed E-state index contributed by atoms with van der Waals surface area (Å²) < 4.78 is 0. The van der Waals surface area contributed by atoms with E-state index in [1.54, 1.807) is 0 Å². The van der Waals surface area contributed by atoms with Gasteiger partial charge in [-0.2, -0.15) is 0 Å². The second-order valence-corrected chi connectivity index (χ2v) is 4.68. The van der Waals surface area contributed by atoms with Crippen molar-refractivity contribution in [3.05, 3.63) is 11.6 Å². The summed E-state index contributed by atoms with van der Waals surface area (Å²) in [5, 5.41) is 6.68. The molecule has 0 radical (unpaired) electrons. The number of carbonyl (C=O) groups is 1. The average Bonchev–Trinajstić information content (AvgIpc) is 2.76. The van der Waals surface area contributed by atoms with Crippen LogP contribution in [0, 0.1) is 6.92 Å². The quantitative estimate of drug-likeness (QED) is 0.872. The summed E-state index contributed by atoms with van der Waals surface area (Å²) in [6.45, 7) is 4.81. The van der Waals surface area contributed by atoms with Crippen molar-refractivity contribution < 1.29 is 4.79 Å². The van der Waals surface area contributed by atoms with Gasteiger partial charge >= 0.3 is 0 Å². The number of nitrogens with zero attached hydrogens (tertiary/aromatic N) is 3. The minimum absolute atomic E-state index is 0.0208. The van der Waals surface area contributed by atoms with Crippen LogP contribution in [0.25, 0.3) is 0 Å². The third-order valence-corrected chi connectivity index (χ3v) is 3.30. The van der Waals surface area contributed by atoms with E-state index in [0.717, 1.165) is 32.2 Å². The van der Waals surface area contributed by atoms with Crippen LogP contribution in [-0.4, -0.2) is 38.6 Å². The molecule has 1 aliphatic heterocycles. The highest BCUT2D eigenvalue weighted by atomic mass is 16.2. The molecule has 2 heterocycles. The van der Waals surface area contributed by atoms with Gasteiger partial charge in [0, 0.05) is 12.6 Å². The number of amides is 1. The van der Waals surface area contributed by atoms with Crippen molar-refractivity contribution in [3.8, 4) is 0 Å². The lowest BCUT2D eigenvalue weighted by Gasteiger charge is -2.35. The molecule has 1 unspecified atom stereocenters. The van der Waals surface area contributed by atoms with Gasteiger partial charge in [0.05, 0.1) is 0 Å². The van der Waals surface area contributed by atoms with E-state index in [4.69, 9.17) is 0 Å². The monoisotopic (exact) mass is 236 g/mol. The Morgan fingerprint density at radius 1 is 1.53 bits per heavy atom. The van der Waals surface area contributed by atoms with Gasteiger partial charge in [-0.15, -0.1) is 5.10 Å². The molecule has 0 spiro atoms. The molecule has 5 nitrogen and oxygen atoms in total. The van der Waals surface area contributed by atoms with E-state index in [-0.39, 0.29) is 5.91 Å². The summed E-state index contributed by atoms with van der Waals surface area (Å²) in [7, 11) is 0. The normalized spacial score (nSPS) is 20.6. The maximum absolute atomic E-state index is 12.3. The first-order valence-corrected chi connectivity index (χ1v) is 6.42. The highest BCUT2D eigenvalue weighted by Crippen LogP contribution is 2.22. The second-order valence-electron chi connectivity index (χ2n) is 4.68. The maximum atomic E-state index is 12.3. The summed E-state index contributed by atoms with van der Waals surface area (Å²) >= 11 is 0. The van der Waals surface area contributed by atoms with E-state index >= 15 is 0 Å². The molecule has 1 fully saturated rings. The minimum atomic E-state index is -0.0208. The van der Waals surface area contributed by atoms with Crippen LogP contribution in [0.1, 0.15) is 55.5 Å². The van der Waals surface area contributed by atoms with Gasteiger partial charge in [0.15, 0.2) is 0 Å². The first kappa shape index (κ1) is 12.1. The largest absolute Gasteiger partial charge is 0.333 e. The first-order valence-electron chi connectivity index (χ1n) is 6.42. The number of hydrogen-bond donors (Lipinski definition) is 1. The van der Waals surface area contributed by atoms with Crippen LogP contribution in [0.3, 0.4) is 0 Å². The fourth-order valence-electron chi connectivity index (χ4n) is 2.47. The van der Waals surface area contributed by atoms with Crippen LogP contribution in [0.4, 0.5) is 0 Å². The Labute approximate surface area is 102 Å². The van der Waals surface area contributed by atoms with Gasteiger partial charge in [-0.05, 0) is 32.6 Å². The molecule has 1 amide bonds.